The first-order valence-electron chi connectivity index (χ1n) is 6.58. The van der Waals surface area contributed by atoms with Crippen molar-refractivity contribution in [2.45, 2.75) is 19.8 Å². The van der Waals surface area contributed by atoms with Crippen molar-refractivity contribution in [1.82, 2.24) is 14.8 Å². The van der Waals surface area contributed by atoms with Gasteiger partial charge >= 0.3 is 6.03 Å². The molecule has 20 heavy (non-hydrogen) atoms. The highest BCUT2D eigenvalue weighted by Crippen LogP contribution is 2.17. The number of carbonyl (C=O) groups excluding carboxylic acids is 1. The lowest BCUT2D eigenvalue weighted by Gasteiger charge is -2.04. The summed E-state index contributed by atoms with van der Waals surface area (Å²) in [6.45, 7) is 4.14. The number of rotatable bonds is 2. The van der Waals surface area contributed by atoms with Gasteiger partial charge < -0.3 is 0 Å². The number of aromatic nitrogens is 3. The molecule has 102 valence electrons. The maximum atomic E-state index is 12.3. The van der Waals surface area contributed by atoms with Crippen LogP contribution in [0, 0.1) is 0 Å². The van der Waals surface area contributed by atoms with Gasteiger partial charge in [0, 0.05) is 23.3 Å². The molecule has 0 unspecified atom stereocenters. The second-order valence-corrected chi connectivity index (χ2v) is 5.04. The van der Waals surface area contributed by atoms with Gasteiger partial charge in [-0.1, -0.05) is 32.0 Å². The maximum absolute atomic E-state index is 12.3. The Morgan fingerprint density at radius 3 is 2.85 bits per heavy atom. The molecule has 0 saturated heterocycles. The quantitative estimate of drug-likeness (QED) is 0.746. The monoisotopic (exact) mass is 268 g/mol. The first-order chi connectivity index (χ1) is 9.65. The van der Waals surface area contributed by atoms with Gasteiger partial charge in [-0.25, -0.2) is 4.79 Å². The highest BCUT2D eigenvalue weighted by molar-refractivity contribution is 5.97. The van der Waals surface area contributed by atoms with E-state index in [4.69, 9.17) is 0 Å². The number of H-pyrrole nitrogens is 1. The van der Waals surface area contributed by atoms with Crippen molar-refractivity contribution in [2.24, 2.45) is 0 Å². The molecule has 5 heteroatoms. The second kappa shape index (κ2) is 4.85. The van der Waals surface area contributed by atoms with Crippen molar-refractivity contribution in [3.8, 4) is 0 Å². The highest BCUT2D eigenvalue weighted by atomic mass is 16.2. The number of hydrogen-bond donors (Lipinski definition) is 2. The Morgan fingerprint density at radius 1 is 1.30 bits per heavy atom. The Hall–Kier alpha value is -2.56. The fourth-order valence-electron chi connectivity index (χ4n) is 2.13. The molecule has 1 amide bonds. The molecule has 0 spiro atoms. The smallest absolute Gasteiger partial charge is 0.290 e. The molecule has 3 aromatic rings. The first-order valence-corrected chi connectivity index (χ1v) is 6.58. The summed E-state index contributed by atoms with van der Waals surface area (Å²) in [7, 11) is 0. The van der Waals surface area contributed by atoms with Crippen LogP contribution in [0.3, 0.4) is 0 Å². The number of amides is 1. The van der Waals surface area contributed by atoms with Crippen LogP contribution in [0.2, 0.25) is 0 Å². The fourth-order valence-corrected chi connectivity index (χ4v) is 2.13. The molecular formula is C15H16N4O. The maximum Gasteiger partial charge on any atom is 0.331 e. The number of para-hydroxylation sites is 1. The first kappa shape index (κ1) is 12.5. The minimum Gasteiger partial charge on any atom is -0.290 e. The predicted octanol–water partition coefficient (Wildman–Crippen LogP) is 3.57. The molecular weight excluding hydrogens is 252 g/mol. The Bertz CT molecular complexity index is 754. The number of carbonyl (C=O) groups is 1. The van der Waals surface area contributed by atoms with Gasteiger partial charge in [0.1, 0.15) is 0 Å². The van der Waals surface area contributed by atoms with Crippen LogP contribution in [0.15, 0.2) is 42.6 Å². The molecule has 0 saturated carbocycles. The Balaban J connectivity index is 1.85. The molecule has 0 aliphatic heterocycles. The summed E-state index contributed by atoms with van der Waals surface area (Å²) >= 11 is 0. The third kappa shape index (κ3) is 2.18. The molecule has 0 bridgehead atoms. The van der Waals surface area contributed by atoms with E-state index in [1.54, 1.807) is 10.8 Å². The van der Waals surface area contributed by atoms with Gasteiger partial charge in [-0.05, 0) is 18.1 Å². The van der Waals surface area contributed by atoms with Crippen LogP contribution in [0.5, 0.6) is 0 Å². The van der Waals surface area contributed by atoms with Gasteiger partial charge in [0.25, 0.3) is 0 Å². The van der Waals surface area contributed by atoms with Crippen molar-refractivity contribution < 1.29 is 4.79 Å². The number of benzene rings is 1. The van der Waals surface area contributed by atoms with Crippen molar-refractivity contribution in [1.29, 1.82) is 0 Å². The van der Waals surface area contributed by atoms with Crippen LogP contribution in [-0.2, 0) is 0 Å². The SMILES string of the molecule is CC(C)c1cc(NC(=O)n2ccc3ccccc32)n[nH]1. The van der Waals surface area contributed by atoms with Gasteiger partial charge in [0.2, 0.25) is 0 Å². The summed E-state index contributed by atoms with van der Waals surface area (Å²) in [6.07, 6.45) is 1.76. The van der Waals surface area contributed by atoms with Gasteiger partial charge in [0.15, 0.2) is 5.82 Å². The molecule has 1 aromatic carbocycles. The number of aromatic amines is 1. The Morgan fingerprint density at radius 2 is 2.10 bits per heavy atom. The fraction of sp³-hybridized carbons (Fsp3) is 0.200. The number of nitrogens with zero attached hydrogens (tertiary/aromatic N) is 2. The summed E-state index contributed by atoms with van der Waals surface area (Å²) in [5.74, 6) is 0.886. The number of nitrogens with one attached hydrogen (secondary N) is 2. The predicted molar refractivity (Wildman–Crippen MR) is 79.0 cm³/mol. The molecule has 0 aliphatic rings. The lowest BCUT2D eigenvalue weighted by Crippen LogP contribution is -2.18. The number of fused-ring (bicyclic) bond motifs is 1. The van der Waals surface area contributed by atoms with Crippen molar-refractivity contribution in [3.05, 3.63) is 48.3 Å². The van der Waals surface area contributed by atoms with E-state index in [-0.39, 0.29) is 6.03 Å². The third-order valence-electron chi connectivity index (χ3n) is 3.27. The zero-order chi connectivity index (χ0) is 14.1. The van der Waals surface area contributed by atoms with Crippen molar-refractivity contribution >= 4 is 22.8 Å². The standard InChI is InChI=1S/C15H16N4O/c1-10(2)12-9-14(18-17-12)16-15(20)19-8-7-11-5-3-4-6-13(11)19/h3-10H,1-2H3,(H2,16,17,18,20). The van der Waals surface area contributed by atoms with Gasteiger partial charge in [-0.15, -0.1) is 0 Å². The normalized spacial score (nSPS) is 11.2. The molecule has 0 aliphatic carbocycles. The molecule has 3 rings (SSSR count). The van der Waals surface area contributed by atoms with Gasteiger partial charge in [-0.2, -0.15) is 5.10 Å². The Kier molecular flexibility index (Phi) is 3.02. The molecule has 2 N–H and O–H groups in total. The van der Waals surface area contributed by atoms with Crippen LogP contribution in [0.4, 0.5) is 10.6 Å². The second-order valence-electron chi connectivity index (χ2n) is 5.04. The molecule has 2 heterocycles. The minimum absolute atomic E-state index is 0.215. The largest absolute Gasteiger partial charge is 0.331 e. The van der Waals surface area contributed by atoms with E-state index in [1.165, 1.54) is 0 Å². The van der Waals surface area contributed by atoms with Gasteiger partial charge in [-0.3, -0.25) is 15.0 Å². The van der Waals surface area contributed by atoms with E-state index in [2.05, 4.69) is 29.4 Å². The zero-order valence-electron chi connectivity index (χ0n) is 11.4. The molecule has 2 aromatic heterocycles. The summed E-state index contributed by atoms with van der Waals surface area (Å²) < 4.78 is 1.58. The Labute approximate surface area is 116 Å². The van der Waals surface area contributed by atoms with E-state index in [9.17, 15) is 4.79 Å². The number of anilines is 1. The molecule has 0 radical (unpaired) electrons. The molecule has 5 nitrogen and oxygen atoms in total. The average molecular weight is 268 g/mol. The highest BCUT2D eigenvalue weighted by Gasteiger charge is 2.11. The van der Waals surface area contributed by atoms with Gasteiger partial charge in [0.05, 0.1) is 5.52 Å². The van der Waals surface area contributed by atoms with E-state index in [0.717, 1.165) is 16.6 Å². The van der Waals surface area contributed by atoms with E-state index < -0.39 is 0 Å². The minimum atomic E-state index is -0.215. The van der Waals surface area contributed by atoms with Crippen LogP contribution in [-0.4, -0.2) is 20.8 Å². The topological polar surface area (TPSA) is 62.7 Å². The van der Waals surface area contributed by atoms with E-state index >= 15 is 0 Å². The summed E-state index contributed by atoms with van der Waals surface area (Å²) in [4.78, 5) is 12.3. The summed E-state index contributed by atoms with van der Waals surface area (Å²) in [5.41, 5.74) is 1.88. The van der Waals surface area contributed by atoms with Crippen molar-refractivity contribution in [2.75, 3.05) is 5.32 Å². The third-order valence-corrected chi connectivity index (χ3v) is 3.27. The summed E-state index contributed by atoms with van der Waals surface area (Å²) in [6, 6.07) is 11.3. The van der Waals surface area contributed by atoms with Crippen LogP contribution in [0.1, 0.15) is 25.5 Å². The molecule has 0 atom stereocenters. The lowest BCUT2D eigenvalue weighted by molar-refractivity contribution is 0.254. The average Bonchev–Trinajstić information content (AvgIpc) is 3.04. The van der Waals surface area contributed by atoms with Crippen LogP contribution in [0.25, 0.3) is 10.9 Å². The number of hydrogen-bond acceptors (Lipinski definition) is 2. The van der Waals surface area contributed by atoms with Crippen LogP contribution >= 0.6 is 0 Å². The van der Waals surface area contributed by atoms with E-state index in [0.29, 0.717) is 11.7 Å². The van der Waals surface area contributed by atoms with E-state index in [1.807, 2.05) is 36.4 Å². The molecule has 0 fully saturated rings. The van der Waals surface area contributed by atoms with Crippen molar-refractivity contribution in [3.63, 3.8) is 0 Å². The van der Waals surface area contributed by atoms with Crippen LogP contribution < -0.4 is 5.32 Å². The summed E-state index contributed by atoms with van der Waals surface area (Å²) in [5, 5.41) is 10.8. The lowest BCUT2D eigenvalue weighted by atomic mass is 10.1. The zero-order valence-corrected chi connectivity index (χ0v) is 11.4.